The number of aromatic nitrogens is 4. The largest absolute Gasteiger partial charge is 0.361 e. The van der Waals surface area contributed by atoms with Gasteiger partial charge in [-0.2, -0.15) is 0 Å². The Morgan fingerprint density at radius 3 is 2.71 bits per heavy atom. The average Bonchev–Trinajstić information content (AvgIpc) is 2.85. The standard InChI is InChI=1S/C14H20ClN5O/c1-9-16-13(19(2)3)12-14(17-9)20(10(8-15)18-12)11-6-4-5-7-21-11/h11H,4-8H2,1-3H3. The van der Waals surface area contributed by atoms with Gasteiger partial charge in [-0.1, -0.05) is 0 Å². The van der Waals surface area contributed by atoms with Crippen molar-refractivity contribution in [2.45, 2.75) is 38.3 Å². The number of alkyl halides is 1. The van der Waals surface area contributed by atoms with Crippen molar-refractivity contribution in [1.29, 1.82) is 0 Å². The summed E-state index contributed by atoms with van der Waals surface area (Å²) < 4.78 is 7.95. The van der Waals surface area contributed by atoms with Gasteiger partial charge >= 0.3 is 0 Å². The van der Waals surface area contributed by atoms with Crippen LogP contribution in [0.4, 0.5) is 5.82 Å². The zero-order chi connectivity index (χ0) is 15.0. The van der Waals surface area contributed by atoms with Crippen LogP contribution < -0.4 is 4.90 Å². The maximum absolute atomic E-state index is 6.09. The fraction of sp³-hybridized carbons (Fsp3) is 0.643. The van der Waals surface area contributed by atoms with Gasteiger partial charge in [-0.25, -0.2) is 15.0 Å². The zero-order valence-corrected chi connectivity index (χ0v) is 13.4. The molecule has 2 aromatic rings. The smallest absolute Gasteiger partial charge is 0.168 e. The number of rotatable bonds is 3. The molecule has 6 nitrogen and oxygen atoms in total. The summed E-state index contributed by atoms with van der Waals surface area (Å²) in [6.45, 7) is 2.67. The van der Waals surface area contributed by atoms with E-state index in [1.165, 1.54) is 0 Å². The summed E-state index contributed by atoms with van der Waals surface area (Å²) in [6.07, 6.45) is 3.20. The lowest BCUT2D eigenvalue weighted by molar-refractivity contribution is -0.0310. The van der Waals surface area contributed by atoms with Crippen molar-refractivity contribution < 1.29 is 4.74 Å². The predicted octanol–water partition coefficient (Wildman–Crippen LogP) is 2.64. The van der Waals surface area contributed by atoms with Crippen LogP contribution in [0.1, 0.15) is 37.1 Å². The maximum atomic E-state index is 6.09. The van der Waals surface area contributed by atoms with E-state index in [0.29, 0.717) is 5.88 Å². The first kappa shape index (κ1) is 14.5. The van der Waals surface area contributed by atoms with Crippen molar-refractivity contribution >= 4 is 28.6 Å². The van der Waals surface area contributed by atoms with Gasteiger partial charge in [0.2, 0.25) is 0 Å². The number of imidazole rings is 1. The van der Waals surface area contributed by atoms with Gasteiger partial charge in [0.05, 0.1) is 5.88 Å². The van der Waals surface area contributed by atoms with Crippen molar-refractivity contribution in [3.05, 3.63) is 11.6 Å². The molecule has 0 bridgehead atoms. The number of fused-ring (bicyclic) bond motifs is 1. The highest BCUT2D eigenvalue weighted by Gasteiger charge is 2.24. The van der Waals surface area contributed by atoms with E-state index in [1.54, 1.807) is 0 Å². The van der Waals surface area contributed by atoms with Crippen molar-refractivity contribution in [1.82, 2.24) is 19.5 Å². The van der Waals surface area contributed by atoms with Crippen LogP contribution >= 0.6 is 11.6 Å². The summed E-state index contributed by atoms with van der Waals surface area (Å²) in [7, 11) is 3.91. The molecule has 0 amide bonds. The fourth-order valence-corrected chi connectivity index (χ4v) is 2.94. The Morgan fingerprint density at radius 1 is 1.29 bits per heavy atom. The molecule has 0 aliphatic carbocycles. The Hall–Kier alpha value is -1.40. The fourth-order valence-electron chi connectivity index (χ4n) is 2.75. The summed E-state index contributed by atoms with van der Waals surface area (Å²) in [5.41, 5.74) is 1.60. The number of hydrogen-bond acceptors (Lipinski definition) is 5. The number of nitrogens with zero attached hydrogens (tertiary/aromatic N) is 5. The lowest BCUT2D eigenvalue weighted by Crippen LogP contribution is -2.20. The minimum Gasteiger partial charge on any atom is -0.361 e. The van der Waals surface area contributed by atoms with E-state index in [9.17, 15) is 0 Å². The third kappa shape index (κ3) is 2.58. The van der Waals surface area contributed by atoms with Crippen molar-refractivity contribution in [3.63, 3.8) is 0 Å². The molecule has 3 rings (SSSR count). The molecule has 0 N–H and O–H groups in total. The first-order chi connectivity index (χ1) is 10.1. The number of aryl methyl sites for hydroxylation is 1. The molecule has 1 aliphatic rings. The van der Waals surface area contributed by atoms with E-state index in [1.807, 2.05) is 30.5 Å². The summed E-state index contributed by atoms with van der Waals surface area (Å²) in [6, 6.07) is 0. The SMILES string of the molecule is Cc1nc(N(C)C)c2nc(CCl)n(C3CCCCO3)c2n1. The molecule has 1 fully saturated rings. The minimum absolute atomic E-state index is 0.0261. The molecule has 1 unspecified atom stereocenters. The van der Waals surface area contributed by atoms with Gasteiger partial charge in [-0.15, -0.1) is 11.6 Å². The summed E-state index contributed by atoms with van der Waals surface area (Å²) >= 11 is 6.09. The predicted molar refractivity (Wildman–Crippen MR) is 82.8 cm³/mol. The third-order valence-corrected chi connectivity index (χ3v) is 3.93. The van der Waals surface area contributed by atoms with Crippen LogP contribution in [0.25, 0.3) is 11.2 Å². The lowest BCUT2D eigenvalue weighted by Gasteiger charge is -2.25. The Morgan fingerprint density at radius 2 is 2.10 bits per heavy atom. The van der Waals surface area contributed by atoms with E-state index >= 15 is 0 Å². The van der Waals surface area contributed by atoms with Crippen LogP contribution in [0.5, 0.6) is 0 Å². The minimum atomic E-state index is -0.0261. The van der Waals surface area contributed by atoms with Crippen molar-refractivity contribution in [3.8, 4) is 0 Å². The zero-order valence-electron chi connectivity index (χ0n) is 12.6. The van der Waals surface area contributed by atoms with Gasteiger partial charge in [-0.3, -0.25) is 4.57 Å². The molecular weight excluding hydrogens is 290 g/mol. The van der Waals surface area contributed by atoms with E-state index in [-0.39, 0.29) is 6.23 Å². The molecule has 0 saturated carbocycles. The second-order valence-electron chi connectivity index (χ2n) is 5.51. The molecule has 0 aromatic carbocycles. The van der Waals surface area contributed by atoms with Gasteiger partial charge < -0.3 is 9.64 Å². The third-order valence-electron chi connectivity index (χ3n) is 3.69. The van der Waals surface area contributed by atoms with Crippen LogP contribution in [0.3, 0.4) is 0 Å². The molecule has 2 aromatic heterocycles. The Balaban J connectivity index is 2.21. The van der Waals surface area contributed by atoms with Gasteiger partial charge in [-0.05, 0) is 26.2 Å². The number of hydrogen-bond donors (Lipinski definition) is 0. The highest BCUT2D eigenvalue weighted by atomic mass is 35.5. The van der Waals surface area contributed by atoms with Gasteiger partial charge in [0.25, 0.3) is 0 Å². The van der Waals surface area contributed by atoms with E-state index in [2.05, 4.69) is 15.0 Å². The van der Waals surface area contributed by atoms with Crippen LogP contribution in [-0.4, -0.2) is 40.2 Å². The van der Waals surface area contributed by atoms with Crippen molar-refractivity contribution in [2.75, 3.05) is 25.6 Å². The van der Waals surface area contributed by atoms with Gasteiger partial charge in [0, 0.05) is 20.7 Å². The van der Waals surface area contributed by atoms with Crippen LogP contribution in [0.2, 0.25) is 0 Å². The Kier molecular flexibility index (Phi) is 3.99. The molecule has 0 spiro atoms. The average molecular weight is 310 g/mol. The summed E-state index contributed by atoms with van der Waals surface area (Å²) in [4.78, 5) is 15.7. The quantitative estimate of drug-likeness (QED) is 0.816. The monoisotopic (exact) mass is 309 g/mol. The molecule has 0 radical (unpaired) electrons. The molecule has 7 heteroatoms. The van der Waals surface area contributed by atoms with Crippen LogP contribution in [-0.2, 0) is 10.6 Å². The van der Waals surface area contributed by atoms with Gasteiger partial charge in [0.1, 0.15) is 17.9 Å². The topological polar surface area (TPSA) is 56.1 Å². The second kappa shape index (κ2) is 5.77. The lowest BCUT2D eigenvalue weighted by atomic mass is 10.2. The second-order valence-corrected chi connectivity index (χ2v) is 5.78. The van der Waals surface area contributed by atoms with E-state index in [4.69, 9.17) is 16.3 Å². The normalized spacial score (nSPS) is 19.1. The van der Waals surface area contributed by atoms with Crippen LogP contribution in [0.15, 0.2) is 0 Å². The van der Waals surface area contributed by atoms with E-state index in [0.717, 1.165) is 54.5 Å². The van der Waals surface area contributed by atoms with Gasteiger partial charge in [0.15, 0.2) is 17.0 Å². The number of anilines is 1. The number of ether oxygens (including phenoxy) is 1. The molecular formula is C14H20ClN5O. The molecule has 1 aliphatic heterocycles. The summed E-state index contributed by atoms with van der Waals surface area (Å²) in [5.74, 6) is 2.67. The number of halogens is 1. The Bertz CT molecular complexity index is 648. The summed E-state index contributed by atoms with van der Waals surface area (Å²) in [5, 5.41) is 0. The maximum Gasteiger partial charge on any atom is 0.168 e. The highest BCUT2D eigenvalue weighted by molar-refractivity contribution is 6.16. The molecule has 1 atom stereocenters. The Labute approximate surface area is 129 Å². The first-order valence-electron chi connectivity index (χ1n) is 7.22. The van der Waals surface area contributed by atoms with Crippen LogP contribution in [0, 0.1) is 6.92 Å². The highest BCUT2D eigenvalue weighted by Crippen LogP contribution is 2.31. The molecule has 1 saturated heterocycles. The first-order valence-corrected chi connectivity index (χ1v) is 7.75. The molecule has 21 heavy (non-hydrogen) atoms. The van der Waals surface area contributed by atoms with Crippen molar-refractivity contribution in [2.24, 2.45) is 0 Å². The van der Waals surface area contributed by atoms with E-state index < -0.39 is 0 Å². The molecule has 3 heterocycles. The molecule has 114 valence electrons.